The zero-order valence-electron chi connectivity index (χ0n) is 11.9. The molecule has 1 saturated carbocycles. The first-order valence-corrected chi connectivity index (χ1v) is 8.64. The molecule has 2 bridgehead atoms. The summed E-state index contributed by atoms with van der Waals surface area (Å²) in [5.74, 6) is 0.511. The highest BCUT2D eigenvalue weighted by atomic mass is 35.5. The van der Waals surface area contributed by atoms with Crippen molar-refractivity contribution >= 4 is 28.8 Å². The van der Waals surface area contributed by atoms with Gasteiger partial charge in [0.25, 0.3) is 5.91 Å². The number of hydrogen-bond donors (Lipinski definition) is 2. The fourth-order valence-corrected chi connectivity index (χ4v) is 4.40. The van der Waals surface area contributed by atoms with Crippen LogP contribution in [0.25, 0.3) is 10.4 Å². The van der Waals surface area contributed by atoms with Crippen molar-refractivity contribution in [2.45, 2.75) is 24.9 Å². The molecule has 6 heteroatoms. The maximum absolute atomic E-state index is 12.4. The lowest BCUT2D eigenvalue weighted by Crippen LogP contribution is -2.44. The van der Waals surface area contributed by atoms with E-state index in [1.54, 1.807) is 6.20 Å². The van der Waals surface area contributed by atoms with E-state index in [1.807, 2.05) is 24.3 Å². The summed E-state index contributed by atoms with van der Waals surface area (Å²) in [5.41, 5.74) is 0.994. The Balaban J connectivity index is 1.48. The van der Waals surface area contributed by atoms with Crippen molar-refractivity contribution in [3.05, 3.63) is 40.5 Å². The topological polar surface area (TPSA) is 54.0 Å². The molecular formula is C16H16ClN3OS. The molecule has 2 aliphatic rings. The van der Waals surface area contributed by atoms with E-state index < -0.39 is 0 Å². The van der Waals surface area contributed by atoms with Crippen LogP contribution in [0.15, 0.2) is 30.5 Å². The van der Waals surface area contributed by atoms with Crippen LogP contribution in [0.2, 0.25) is 5.02 Å². The van der Waals surface area contributed by atoms with Crippen LogP contribution in [0.1, 0.15) is 22.6 Å². The highest BCUT2D eigenvalue weighted by Gasteiger charge is 2.40. The Labute approximate surface area is 137 Å². The van der Waals surface area contributed by atoms with Crippen LogP contribution in [-0.2, 0) is 0 Å². The Kier molecular flexibility index (Phi) is 3.64. The number of aromatic nitrogens is 1. The standard InChI is InChI=1S/C16H16ClN3OS/c17-11-3-1-2-9(4-11)14-8-19-16(22-14)15(21)20-13-6-12-5-10(13)7-18-12/h1-4,8,10,12-13,18H,5-7H2,(H,20,21). The van der Waals surface area contributed by atoms with Crippen LogP contribution in [0.3, 0.4) is 0 Å². The largest absolute Gasteiger partial charge is 0.347 e. The molecule has 1 aliphatic carbocycles. The van der Waals surface area contributed by atoms with Gasteiger partial charge in [0.05, 0.1) is 4.88 Å². The maximum Gasteiger partial charge on any atom is 0.280 e. The van der Waals surface area contributed by atoms with E-state index >= 15 is 0 Å². The highest BCUT2D eigenvalue weighted by Crippen LogP contribution is 2.32. The van der Waals surface area contributed by atoms with Crippen molar-refractivity contribution in [2.75, 3.05) is 6.54 Å². The Morgan fingerprint density at radius 1 is 1.41 bits per heavy atom. The van der Waals surface area contributed by atoms with Gasteiger partial charge in [0.1, 0.15) is 0 Å². The van der Waals surface area contributed by atoms with Gasteiger partial charge in [-0.25, -0.2) is 4.98 Å². The quantitative estimate of drug-likeness (QED) is 0.908. The Bertz CT molecular complexity index is 717. The first-order chi connectivity index (χ1) is 10.7. The number of benzene rings is 1. The van der Waals surface area contributed by atoms with Gasteiger partial charge in [0.15, 0.2) is 5.01 Å². The first kappa shape index (κ1) is 14.2. The number of rotatable bonds is 3. The van der Waals surface area contributed by atoms with Gasteiger partial charge in [-0.15, -0.1) is 11.3 Å². The second-order valence-electron chi connectivity index (χ2n) is 5.96. The fraction of sp³-hybridized carbons (Fsp3) is 0.375. The van der Waals surface area contributed by atoms with Crippen LogP contribution in [0, 0.1) is 5.92 Å². The van der Waals surface area contributed by atoms with E-state index in [2.05, 4.69) is 15.6 Å². The average Bonchev–Trinajstić information content (AvgIpc) is 3.23. The third kappa shape index (κ3) is 2.64. The van der Waals surface area contributed by atoms with Gasteiger partial charge in [0.2, 0.25) is 0 Å². The molecule has 1 aromatic heterocycles. The van der Waals surface area contributed by atoms with E-state index in [1.165, 1.54) is 17.8 Å². The number of halogens is 1. The molecule has 3 unspecified atom stereocenters. The number of piperidine rings is 1. The first-order valence-electron chi connectivity index (χ1n) is 7.45. The van der Waals surface area contributed by atoms with Crippen LogP contribution < -0.4 is 10.6 Å². The summed E-state index contributed by atoms with van der Waals surface area (Å²) in [6.45, 7) is 1.02. The normalized spacial score (nSPS) is 26.3. The number of nitrogens with zero attached hydrogens (tertiary/aromatic N) is 1. The van der Waals surface area contributed by atoms with Crippen molar-refractivity contribution in [3.63, 3.8) is 0 Å². The molecule has 1 aromatic carbocycles. The average molecular weight is 334 g/mol. The van der Waals surface area contributed by atoms with Gasteiger partial charge >= 0.3 is 0 Å². The summed E-state index contributed by atoms with van der Waals surface area (Å²) < 4.78 is 0. The molecule has 114 valence electrons. The third-order valence-electron chi connectivity index (χ3n) is 4.49. The van der Waals surface area contributed by atoms with E-state index in [0.717, 1.165) is 23.4 Å². The number of fused-ring (bicyclic) bond motifs is 2. The number of carbonyl (C=O) groups excluding carboxylic acids is 1. The van der Waals surface area contributed by atoms with Crippen LogP contribution >= 0.6 is 22.9 Å². The molecule has 2 heterocycles. The molecule has 0 radical (unpaired) electrons. The third-order valence-corrected chi connectivity index (χ3v) is 5.77. The molecule has 4 nitrogen and oxygen atoms in total. The SMILES string of the molecule is O=C(NC1CC2CC1CN2)c1ncc(-c2cccc(Cl)c2)s1. The smallest absolute Gasteiger partial charge is 0.280 e. The van der Waals surface area contributed by atoms with Gasteiger partial charge in [-0.1, -0.05) is 23.7 Å². The summed E-state index contributed by atoms with van der Waals surface area (Å²) in [7, 11) is 0. The van der Waals surface area contributed by atoms with Crippen molar-refractivity contribution in [1.82, 2.24) is 15.6 Å². The van der Waals surface area contributed by atoms with Crippen LogP contribution in [-0.4, -0.2) is 29.5 Å². The Morgan fingerprint density at radius 2 is 2.32 bits per heavy atom. The number of thiazole rings is 1. The lowest BCUT2D eigenvalue weighted by Gasteiger charge is -2.22. The minimum atomic E-state index is -0.0594. The summed E-state index contributed by atoms with van der Waals surface area (Å²) in [5, 5.41) is 7.80. The lowest BCUT2D eigenvalue weighted by atomic mass is 10.0. The second-order valence-corrected chi connectivity index (χ2v) is 7.42. The highest BCUT2D eigenvalue weighted by molar-refractivity contribution is 7.17. The number of nitrogens with one attached hydrogen (secondary N) is 2. The molecule has 1 aliphatic heterocycles. The number of hydrogen-bond acceptors (Lipinski definition) is 4. The van der Waals surface area contributed by atoms with E-state index in [-0.39, 0.29) is 11.9 Å². The molecule has 3 atom stereocenters. The Morgan fingerprint density at radius 3 is 3.05 bits per heavy atom. The lowest BCUT2D eigenvalue weighted by molar-refractivity contribution is 0.0924. The summed E-state index contributed by atoms with van der Waals surface area (Å²) >= 11 is 7.42. The van der Waals surface area contributed by atoms with Crippen molar-refractivity contribution in [3.8, 4) is 10.4 Å². The van der Waals surface area contributed by atoms with E-state index in [0.29, 0.717) is 22.0 Å². The minimum Gasteiger partial charge on any atom is -0.347 e. The maximum atomic E-state index is 12.4. The van der Waals surface area contributed by atoms with E-state index in [4.69, 9.17) is 11.6 Å². The van der Waals surface area contributed by atoms with Crippen LogP contribution in [0.4, 0.5) is 0 Å². The fourth-order valence-electron chi connectivity index (χ4n) is 3.40. The summed E-state index contributed by atoms with van der Waals surface area (Å²) in [6.07, 6.45) is 3.95. The predicted molar refractivity (Wildman–Crippen MR) is 88.3 cm³/mol. The second kappa shape index (κ2) is 5.65. The summed E-state index contributed by atoms with van der Waals surface area (Å²) in [4.78, 5) is 17.6. The molecular weight excluding hydrogens is 318 g/mol. The van der Waals surface area contributed by atoms with Crippen molar-refractivity contribution < 1.29 is 4.79 Å². The van der Waals surface area contributed by atoms with Gasteiger partial charge in [-0.05, 0) is 36.5 Å². The predicted octanol–water partition coefficient (Wildman–Crippen LogP) is 2.94. The Hall–Kier alpha value is -1.43. The molecule has 2 aromatic rings. The molecule has 0 spiro atoms. The zero-order valence-corrected chi connectivity index (χ0v) is 13.5. The van der Waals surface area contributed by atoms with Gasteiger partial charge in [0, 0.05) is 29.8 Å². The molecule has 1 amide bonds. The monoisotopic (exact) mass is 333 g/mol. The molecule has 1 saturated heterocycles. The molecule has 22 heavy (non-hydrogen) atoms. The van der Waals surface area contributed by atoms with Crippen LogP contribution in [0.5, 0.6) is 0 Å². The van der Waals surface area contributed by atoms with Gasteiger partial charge < -0.3 is 10.6 Å². The zero-order chi connectivity index (χ0) is 15.1. The number of amides is 1. The van der Waals surface area contributed by atoms with Gasteiger partial charge in [-0.3, -0.25) is 4.79 Å². The molecule has 2 N–H and O–H groups in total. The molecule has 2 fully saturated rings. The van der Waals surface area contributed by atoms with Crippen molar-refractivity contribution in [2.24, 2.45) is 5.92 Å². The van der Waals surface area contributed by atoms with E-state index in [9.17, 15) is 4.79 Å². The number of carbonyl (C=O) groups is 1. The van der Waals surface area contributed by atoms with Gasteiger partial charge in [-0.2, -0.15) is 0 Å². The summed E-state index contributed by atoms with van der Waals surface area (Å²) in [6, 6.07) is 8.47. The molecule has 4 rings (SSSR count). The van der Waals surface area contributed by atoms with Crippen molar-refractivity contribution in [1.29, 1.82) is 0 Å². The minimum absolute atomic E-state index is 0.0594.